The van der Waals surface area contributed by atoms with Gasteiger partial charge in [-0.3, -0.25) is 19.4 Å². The van der Waals surface area contributed by atoms with E-state index in [-0.39, 0.29) is 11.7 Å². The lowest BCUT2D eigenvalue weighted by molar-refractivity contribution is 0.0787. The Morgan fingerprint density at radius 1 is 0.931 bits per heavy atom. The highest BCUT2D eigenvalue weighted by atomic mass is 35.5. The topological polar surface area (TPSA) is 59.7 Å². The van der Waals surface area contributed by atoms with Crippen molar-refractivity contribution >= 4 is 23.3 Å². The maximum Gasteiger partial charge on any atom is 0.270 e. The molecule has 154 valence electrons. The molecule has 6 nitrogen and oxygen atoms in total. The summed E-state index contributed by atoms with van der Waals surface area (Å²) in [5, 5.41) is 0.757. The zero-order chi connectivity index (χ0) is 20.2. The molecule has 1 N–H and O–H groups in total. The third-order valence-electron chi connectivity index (χ3n) is 5.78. The van der Waals surface area contributed by atoms with Crippen LogP contribution in [0.4, 0.5) is 0 Å². The molecule has 2 saturated heterocycles. The number of carbonyl (C=O) groups excluding carboxylic acids is 2. The maximum atomic E-state index is 12.7. The highest BCUT2D eigenvalue weighted by Crippen LogP contribution is 2.15. The minimum atomic E-state index is -0.00244. The van der Waals surface area contributed by atoms with E-state index in [1.165, 1.54) is 5.56 Å². The van der Waals surface area contributed by atoms with E-state index in [1.54, 1.807) is 12.3 Å². The molecule has 2 aliphatic heterocycles. The highest BCUT2D eigenvalue weighted by Gasteiger charge is 2.23. The summed E-state index contributed by atoms with van der Waals surface area (Å²) in [6.07, 6.45) is 3.78. The fraction of sp³-hybridized carbons (Fsp3) is 0.455. The van der Waals surface area contributed by atoms with Crippen molar-refractivity contribution in [3.8, 4) is 0 Å². The number of halogens is 1. The van der Waals surface area contributed by atoms with Crippen LogP contribution in [0.3, 0.4) is 0 Å². The van der Waals surface area contributed by atoms with Gasteiger partial charge in [-0.05, 0) is 36.6 Å². The number of likely N-dealkylation sites (tertiary alicyclic amines) is 1. The molecular weight excluding hydrogens is 388 g/mol. The first-order valence-corrected chi connectivity index (χ1v) is 10.7. The molecule has 0 unspecified atom stereocenters. The van der Waals surface area contributed by atoms with Gasteiger partial charge in [0.1, 0.15) is 5.69 Å². The molecule has 0 atom stereocenters. The summed E-state index contributed by atoms with van der Waals surface area (Å²) in [5.74, 6) is 0.0604. The van der Waals surface area contributed by atoms with Crippen molar-refractivity contribution in [3.05, 3.63) is 58.4 Å². The minimum Gasteiger partial charge on any atom is -0.356 e. The minimum absolute atomic E-state index is 0.00244. The Balaban J connectivity index is 1.25. The van der Waals surface area contributed by atoms with E-state index in [9.17, 15) is 9.59 Å². The number of rotatable bonds is 6. The molecule has 1 aromatic carbocycles. The van der Waals surface area contributed by atoms with Gasteiger partial charge < -0.3 is 9.88 Å². The Kier molecular flexibility index (Phi) is 6.33. The molecule has 0 spiro atoms. The lowest BCUT2D eigenvalue weighted by Crippen LogP contribution is -2.47. The normalized spacial score (nSPS) is 18.3. The predicted molar refractivity (Wildman–Crippen MR) is 113 cm³/mol. The number of hydrogen-bond donors (Lipinski definition) is 1. The van der Waals surface area contributed by atoms with E-state index >= 15 is 0 Å². The standard InChI is InChI=1S/C22H27ClN4O2/c23-19-5-3-17(4-6-19)15-25-9-11-26(12-10-25)16-21(28)18-13-20(24-14-18)22(29)27-7-1-2-8-27/h3-6,13-14,24H,1-2,7-12,15-16H2. The van der Waals surface area contributed by atoms with Gasteiger partial charge in [-0.1, -0.05) is 23.7 Å². The predicted octanol–water partition coefficient (Wildman–Crippen LogP) is 2.90. The van der Waals surface area contributed by atoms with E-state index in [1.807, 2.05) is 17.0 Å². The van der Waals surface area contributed by atoms with Crippen LogP contribution in [-0.4, -0.2) is 77.2 Å². The van der Waals surface area contributed by atoms with Gasteiger partial charge in [0.2, 0.25) is 0 Å². The Hall–Kier alpha value is -2.15. The largest absolute Gasteiger partial charge is 0.356 e. The second-order valence-corrected chi connectivity index (χ2v) is 8.34. The van der Waals surface area contributed by atoms with Crippen LogP contribution in [0.25, 0.3) is 0 Å². The molecule has 7 heteroatoms. The van der Waals surface area contributed by atoms with E-state index in [4.69, 9.17) is 11.6 Å². The summed E-state index contributed by atoms with van der Waals surface area (Å²) in [7, 11) is 0. The van der Waals surface area contributed by atoms with Crippen LogP contribution in [0.1, 0.15) is 39.3 Å². The van der Waals surface area contributed by atoms with Crippen LogP contribution in [0.15, 0.2) is 36.5 Å². The summed E-state index contributed by atoms with van der Waals surface area (Å²) in [6, 6.07) is 9.67. The van der Waals surface area contributed by atoms with Gasteiger partial charge in [0.25, 0.3) is 5.91 Å². The zero-order valence-corrected chi connectivity index (χ0v) is 17.3. The molecule has 1 amide bonds. The van der Waals surface area contributed by atoms with Crippen molar-refractivity contribution in [2.45, 2.75) is 19.4 Å². The summed E-state index contributed by atoms with van der Waals surface area (Å²) >= 11 is 5.95. The van der Waals surface area contributed by atoms with Crippen LogP contribution in [0.5, 0.6) is 0 Å². The van der Waals surface area contributed by atoms with Crippen LogP contribution >= 0.6 is 11.6 Å². The number of Topliss-reactive ketones (excluding diaryl/α,β-unsaturated/α-hetero) is 1. The van der Waals surface area contributed by atoms with Crippen molar-refractivity contribution < 1.29 is 9.59 Å². The molecule has 0 bridgehead atoms. The molecule has 0 saturated carbocycles. The van der Waals surface area contributed by atoms with Crippen LogP contribution in [0, 0.1) is 0 Å². The average Bonchev–Trinajstić information content (AvgIpc) is 3.43. The van der Waals surface area contributed by atoms with Gasteiger partial charge in [-0.15, -0.1) is 0 Å². The Morgan fingerprint density at radius 2 is 1.59 bits per heavy atom. The average molecular weight is 415 g/mol. The van der Waals surface area contributed by atoms with E-state index < -0.39 is 0 Å². The van der Waals surface area contributed by atoms with Crippen molar-refractivity contribution in [2.75, 3.05) is 45.8 Å². The van der Waals surface area contributed by atoms with E-state index in [2.05, 4.69) is 26.9 Å². The number of hydrogen-bond acceptors (Lipinski definition) is 4. The molecule has 1 aromatic heterocycles. The molecule has 2 fully saturated rings. The van der Waals surface area contributed by atoms with Gasteiger partial charge in [0.05, 0.1) is 6.54 Å². The number of carbonyl (C=O) groups is 2. The Morgan fingerprint density at radius 3 is 2.28 bits per heavy atom. The summed E-state index contributed by atoms with van der Waals surface area (Å²) in [5.41, 5.74) is 2.36. The quantitative estimate of drug-likeness (QED) is 0.738. The number of H-pyrrole nitrogens is 1. The second-order valence-electron chi connectivity index (χ2n) is 7.90. The molecule has 2 aromatic rings. The number of aromatic amines is 1. The molecule has 4 rings (SSSR count). The first-order valence-electron chi connectivity index (χ1n) is 10.3. The number of aromatic nitrogens is 1. The SMILES string of the molecule is O=C(CN1CCN(Cc2ccc(Cl)cc2)CC1)c1c[nH]c(C(=O)N2CCCC2)c1. The fourth-order valence-electron chi connectivity index (χ4n) is 4.02. The van der Waals surface area contributed by atoms with Crippen molar-refractivity contribution in [3.63, 3.8) is 0 Å². The van der Waals surface area contributed by atoms with E-state index in [0.29, 0.717) is 17.8 Å². The molecule has 3 heterocycles. The number of piperazine rings is 1. The molecule has 2 aliphatic rings. The Bertz CT molecular complexity index is 850. The Labute approximate surface area is 176 Å². The number of ketones is 1. The number of nitrogens with zero attached hydrogens (tertiary/aromatic N) is 3. The number of nitrogens with one attached hydrogen (secondary N) is 1. The molecule has 0 aliphatic carbocycles. The van der Waals surface area contributed by atoms with Gasteiger partial charge in [-0.2, -0.15) is 0 Å². The number of benzene rings is 1. The van der Waals surface area contributed by atoms with Gasteiger partial charge in [-0.25, -0.2) is 0 Å². The monoisotopic (exact) mass is 414 g/mol. The molecule has 29 heavy (non-hydrogen) atoms. The van der Waals surface area contributed by atoms with Crippen molar-refractivity contribution in [2.24, 2.45) is 0 Å². The van der Waals surface area contributed by atoms with Gasteiger partial charge in [0.15, 0.2) is 5.78 Å². The second kappa shape index (κ2) is 9.11. The van der Waals surface area contributed by atoms with Crippen LogP contribution < -0.4 is 0 Å². The highest BCUT2D eigenvalue weighted by molar-refractivity contribution is 6.30. The summed E-state index contributed by atoms with van der Waals surface area (Å²) in [6.45, 7) is 6.50. The lowest BCUT2D eigenvalue weighted by atomic mass is 10.1. The summed E-state index contributed by atoms with van der Waals surface area (Å²) in [4.78, 5) is 34.5. The van der Waals surface area contributed by atoms with Crippen LogP contribution in [-0.2, 0) is 6.54 Å². The summed E-state index contributed by atoms with van der Waals surface area (Å²) < 4.78 is 0. The maximum absolute atomic E-state index is 12.7. The van der Waals surface area contributed by atoms with Gasteiger partial charge in [0, 0.05) is 62.6 Å². The molecular formula is C22H27ClN4O2. The third kappa shape index (κ3) is 5.07. The van der Waals surface area contributed by atoms with Gasteiger partial charge >= 0.3 is 0 Å². The first-order chi connectivity index (χ1) is 14.1. The molecule has 0 radical (unpaired) electrons. The van der Waals surface area contributed by atoms with Crippen molar-refractivity contribution in [1.29, 1.82) is 0 Å². The number of amides is 1. The van der Waals surface area contributed by atoms with E-state index in [0.717, 1.165) is 63.7 Å². The van der Waals surface area contributed by atoms with Crippen LogP contribution in [0.2, 0.25) is 5.02 Å². The van der Waals surface area contributed by atoms with Crippen molar-refractivity contribution in [1.82, 2.24) is 19.7 Å². The third-order valence-corrected chi connectivity index (χ3v) is 6.03. The smallest absolute Gasteiger partial charge is 0.270 e. The fourth-order valence-corrected chi connectivity index (χ4v) is 4.14. The first kappa shape index (κ1) is 20.1. The lowest BCUT2D eigenvalue weighted by Gasteiger charge is -2.34. The zero-order valence-electron chi connectivity index (χ0n) is 16.6.